The van der Waals surface area contributed by atoms with Gasteiger partial charge in [0.15, 0.2) is 0 Å². The van der Waals surface area contributed by atoms with Gasteiger partial charge in [0.25, 0.3) is 0 Å². The van der Waals surface area contributed by atoms with Crippen molar-refractivity contribution in [3.05, 3.63) is 52.3 Å². The van der Waals surface area contributed by atoms with Crippen LogP contribution >= 0.6 is 11.3 Å². The SMILES string of the molecule is CCN1Cc2ccccc2C[C@@H]1C(=O)NCc1cn2nc(C)sc2n1. The molecule has 1 aromatic carbocycles. The molecule has 3 aromatic rings. The average molecular weight is 355 g/mol. The zero-order chi connectivity index (χ0) is 17.4. The number of carbonyl (C=O) groups is 1. The summed E-state index contributed by atoms with van der Waals surface area (Å²) in [6, 6.07) is 8.26. The molecule has 1 N–H and O–H groups in total. The van der Waals surface area contributed by atoms with Gasteiger partial charge in [0, 0.05) is 6.54 Å². The first kappa shape index (κ1) is 16.2. The summed E-state index contributed by atoms with van der Waals surface area (Å²) in [4.78, 5) is 20.4. The molecule has 4 rings (SSSR count). The molecule has 0 spiro atoms. The van der Waals surface area contributed by atoms with Crippen LogP contribution < -0.4 is 5.32 Å². The predicted molar refractivity (Wildman–Crippen MR) is 97.5 cm³/mol. The molecule has 0 saturated heterocycles. The van der Waals surface area contributed by atoms with Crippen molar-refractivity contribution < 1.29 is 4.79 Å². The van der Waals surface area contributed by atoms with Gasteiger partial charge in [-0.15, -0.1) is 0 Å². The lowest BCUT2D eigenvalue weighted by Gasteiger charge is -2.35. The van der Waals surface area contributed by atoms with Gasteiger partial charge in [0.2, 0.25) is 10.9 Å². The van der Waals surface area contributed by atoms with Gasteiger partial charge in [-0.1, -0.05) is 42.5 Å². The molecule has 0 bridgehead atoms. The molecule has 1 amide bonds. The minimum Gasteiger partial charge on any atom is -0.349 e. The van der Waals surface area contributed by atoms with Crippen molar-refractivity contribution in [1.29, 1.82) is 0 Å². The van der Waals surface area contributed by atoms with Gasteiger partial charge in [-0.3, -0.25) is 9.69 Å². The number of aromatic nitrogens is 3. The van der Waals surface area contributed by atoms with Gasteiger partial charge in [-0.05, 0) is 31.0 Å². The molecule has 0 aliphatic carbocycles. The first-order valence-electron chi connectivity index (χ1n) is 8.54. The van der Waals surface area contributed by atoms with E-state index in [0.717, 1.165) is 35.2 Å². The van der Waals surface area contributed by atoms with Crippen LogP contribution in [0.5, 0.6) is 0 Å². The quantitative estimate of drug-likeness (QED) is 0.779. The number of nitrogens with one attached hydrogen (secondary N) is 1. The summed E-state index contributed by atoms with van der Waals surface area (Å²) in [5, 5.41) is 8.39. The Labute approximate surface area is 150 Å². The van der Waals surface area contributed by atoms with Crippen LogP contribution in [0, 0.1) is 6.92 Å². The fourth-order valence-electron chi connectivity index (χ4n) is 3.39. The van der Waals surface area contributed by atoms with Crippen molar-refractivity contribution in [3.8, 4) is 0 Å². The molecule has 7 heteroatoms. The highest BCUT2D eigenvalue weighted by Crippen LogP contribution is 2.23. The van der Waals surface area contributed by atoms with Crippen molar-refractivity contribution >= 4 is 22.2 Å². The number of hydrogen-bond acceptors (Lipinski definition) is 5. The van der Waals surface area contributed by atoms with E-state index in [1.165, 1.54) is 11.1 Å². The number of likely N-dealkylation sites (N-methyl/N-ethyl adjacent to an activating group) is 1. The summed E-state index contributed by atoms with van der Waals surface area (Å²) in [5.41, 5.74) is 3.44. The lowest BCUT2D eigenvalue weighted by atomic mass is 9.93. The molecule has 6 nitrogen and oxygen atoms in total. The fraction of sp³-hybridized carbons (Fsp3) is 0.389. The van der Waals surface area contributed by atoms with E-state index in [1.807, 2.05) is 19.2 Å². The van der Waals surface area contributed by atoms with Crippen LogP contribution in [0.4, 0.5) is 0 Å². The molecule has 0 unspecified atom stereocenters. The normalized spacial score (nSPS) is 17.6. The second-order valence-corrected chi connectivity index (χ2v) is 7.51. The summed E-state index contributed by atoms with van der Waals surface area (Å²) in [6.45, 7) is 6.18. The first-order valence-corrected chi connectivity index (χ1v) is 9.36. The van der Waals surface area contributed by atoms with Crippen LogP contribution in [-0.4, -0.2) is 38.0 Å². The van der Waals surface area contributed by atoms with E-state index in [9.17, 15) is 4.79 Å². The Kier molecular flexibility index (Phi) is 4.27. The van der Waals surface area contributed by atoms with Gasteiger partial charge >= 0.3 is 0 Å². The molecule has 25 heavy (non-hydrogen) atoms. The zero-order valence-corrected chi connectivity index (χ0v) is 15.2. The maximum atomic E-state index is 12.8. The van der Waals surface area contributed by atoms with Crippen LogP contribution in [-0.2, 0) is 24.3 Å². The monoisotopic (exact) mass is 355 g/mol. The molecule has 1 aliphatic rings. The van der Waals surface area contributed by atoms with Crippen molar-refractivity contribution in [3.63, 3.8) is 0 Å². The number of carbonyl (C=O) groups excluding carboxylic acids is 1. The largest absolute Gasteiger partial charge is 0.349 e. The van der Waals surface area contributed by atoms with Gasteiger partial charge in [-0.2, -0.15) is 5.10 Å². The number of nitrogens with zero attached hydrogens (tertiary/aromatic N) is 4. The Morgan fingerprint density at radius 3 is 2.92 bits per heavy atom. The fourth-order valence-corrected chi connectivity index (χ4v) is 4.14. The molecule has 2 aromatic heterocycles. The van der Waals surface area contributed by atoms with Crippen LogP contribution in [0.15, 0.2) is 30.5 Å². The first-order chi connectivity index (χ1) is 12.1. The molecule has 0 saturated carbocycles. The van der Waals surface area contributed by atoms with Gasteiger partial charge in [0.05, 0.1) is 24.5 Å². The third-order valence-corrected chi connectivity index (χ3v) is 5.53. The Morgan fingerprint density at radius 1 is 1.36 bits per heavy atom. The van der Waals surface area contributed by atoms with E-state index in [4.69, 9.17) is 0 Å². The Morgan fingerprint density at radius 2 is 2.16 bits per heavy atom. The highest BCUT2D eigenvalue weighted by Gasteiger charge is 2.30. The summed E-state index contributed by atoms with van der Waals surface area (Å²) in [6.07, 6.45) is 2.64. The van der Waals surface area contributed by atoms with E-state index in [-0.39, 0.29) is 11.9 Å². The molecule has 130 valence electrons. The molecule has 0 radical (unpaired) electrons. The van der Waals surface area contributed by atoms with E-state index in [1.54, 1.807) is 15.9 Å². The molecule has 1 aliphatic heterocycles. The number of benzene rings is 1. The second kappa shape index (κ2) is 6.57. The van der Waals surface area contributed by atoms with Crippen LogP contribution in [0.25, 0.3) is 4.96 Å². The second-order valence-electron chi connectivity index (χ2n) is 6.35. The maximum absolute atomic E-state index is 12.8. The van der Waals surface area contributed by atoms with Crippen molar-refractivity contribution in [1.82, 2.24) is 24.8 Å². The topological polar surface area (TPSA) is 62.5 Å². The summed E-state index contributed by atoms with van der Waals surface area (Å²) >= 11 is 1.55. The molecule has 1 atom stereocenters. The van der Waals surface area contributed by atoms with Crippen molar-refractivity contribution in [2.75, 3.05) is 6.54 Å². The van der Waals surface area contributed by atoms with Crippen molar-refractivity contribution in [2.45, 2.75) is 39.4 Å². The van der Waals surface area contributed by atoms with Crippen molar-refractivity contribution in [2.24, 2.45) is 0 Å². The van der Waals surface area contributed by atoms with Crippen LogP contribution in [0.3, 0.4) is 0 Å². The maximum Gasteiger partial charge on any atom is 0.238 e. The number of hydrogen-bond donors (Lipinski definition) is 1. The van der Waals surface area contributed by atoms with Gasteiger partial charge in [-0.25, -0.2) is 9.50 Å². The Bertz CT molecular complexity index is 884. The summed E-state index contributed by atoms with van der Waals surface area (Å²) in [5.74, 6) is 0.0665. The zero-order valence-electron chi connectivity index (χ0n) is 14.4. The molecular weight excluding hydrogens is 334 g/mol. The Balaban J connectivity index is 1.45. The van der Waals surface area contributed by atoms with Crippen LogP contribution in [0.1, 0.15) is 28.8 Å². The van der Waals surface area contributed by atoms with E-state index < -0.39 is 0 Å². The van der Waals surface area contributed by atoms with Crippen LogP contribution in [0.2, 0.25) is 0 Å². The van der Waals surface area contributed by atoms with Gasteiger partial charge in [0.1, 0.15) is 5.01 Å². The minimum absolute atomic E-state index is 0.0665. The predicted octanol–water partition coefficient (Wildman–Crippen LogP) is 2.16. The number of imidazole rings is 1. The van der Waals surface area contributed by atoms with E-state index in [0.29, 0.717) is 6.54 Å². The smallest absolute Gasteiger partial charge is 0.238 e. The minimum atomic E-state index is -0.121. The lowest BCUT2D eigenvalue weighted by Crippen LogP contribution is -2.49. The summed E-state index contributed by atoms with van der Waals surface area (Å²) < 4.78 is 1.77. The standard InChI is InChI=1S/C18H21N5OS/c1-3-22-10-14-7-5-4-6-13(14)8-16(22)17(24)19-9-15-11-23-18(20-15)25-12(2)21-23/h4-7,11,16H,3,8-10H2,1-2H3,(H,19,24)/t16-/m1/s1. The summed E-state index contributed by atoms with van der Waals surface area (Å²) in [7, 11) is 0. The number of fused-ring (bicyclic) bond motifs is 2. The van der Waals surface area contributed by atoms with Gasteiger partial charge < -0.3 is 5.32 Å². The van der Waals surface area contributed by atoms with E-state index in [2.05, 4.69) is 45.4 Å². The molecule has 0 fully saturated rings. The number of aryl methyl sites for hydroxylation is 1. The number of amides is 1. The highest BCUT2D eigenvalue weighted by atomic mass is 32.1. The van der Waals surface area contributed by atoms with E-state index >= 15 is 0 Å². The number of rotatable bonds is 4. The molecular formula is C18H21N5OS. The molecule has 3 heterocycles. The Hall–Kier alpha value is -2.25. The average Bonchev–Trinajstić information content (AvgIpc) is 3.15. The lowest BCUT2D eigenvalue weighted by molar-refractivity contribution is -0.127. The highest BCUT2D eigenvalue weighted by molar-refractivity contribution is 7.16. The third-order valence-electron chi connectivity index (χ3n) is 4.69. The third kappa shape index (κ3) is 3.17.